The fourth-order valence-electron chi connectivity index (χ4n) is 8.92. The molecular weight excluding hydrogens is 672 g/mol. The zero-order valence-corrected chi connectivity index (χ0v) is 34.9. The van der Waals surface area contributed by atoms with E-state index in [2.05, 4.69) is 195 Å². The summed E-state index contributed by atoms with van der Waals surface area (Å²) in [6.07, 6.45) is 0. The molecule has 268 valence electrons. The molecule has 0 bridgehead atoms. The van der Waals surface area contributed by atoms with E-state index in [-0.39, 0.29) is 16.6 Å². The average Bonchev–Trinajstić information content (AvgIpc) is 3.00. The first-order valence-corrected chi connectivity index (χ1v) is 21.4. The second-order valence-corrected chi connectivity index (χ2v) is 22.5. The molecule has 5 aromatic carbocycles. The Labute approximate surface area is 317 Å². The van der Waals surface area contributed by atoms with Crippen LogP contribution >= 0.6 is 6.04 Å². The maximum atomic E-state index is 7.44. The first-order valence-electron chi connectivity index (χ1n) is 18.6. The van der Waals surface area contributed by atoms with E-state index >= 15 is 0 Å². The van der Waals surface area contributed by atoms with E-state index in [1.807, 2.05) is 0 Å². The van der Waals surface area contributed by atoms with Crippen molar-refractivity contribution in [2.45, 2.75) is 107 Å². The van der Waals surface area contributed by atoms with Gasteiger partial charge >= 0.3 is 0 Å². The molecule has 0 saturated heterocycles. The molecular formula is C46H53N4PS. The highest BCUT2D eigenvalue weighted by Crippen LogP contribution is 2.67. The maximum absolute atomic E-state index is 7.44. The number of rotatable bonds is 3. The van der Waals surface area contributed by atoms with E-state index < -0.39 is 6.04 Å². The van der Waals surface area contributed by atoms with Crippen LogP contribution in [0.3, 0.4) is 0 Å². The lowest BCUT2D eigenvalue weighted by Crippen LogP contribution is -2.57. The number of nitrogens with zero attached hydrogens (tertiary/aromatic N) is 4. The van der Waals surface area contributed by atoms with E-state index in [9.17, 15) is 0 Å². The van der Waals surface area contributed by atoms with Gasteiger partial charge in [0.25, 0.3) is 0 Å². The third-order valence-corrected chi connectivity index (χ3v) is 15.6. The van der Waals surface area contributed by atoms with Crippen LogP contribution in [0.1, 0.15) is 84.6 Å². The minimum Gasteiger partial charge on any atom is -0.335 e. The molecule has 52 heavy (non-hydrogen) atoms. The van der Waals surface area contributed by atoms with Crippen LogP contribution < -0.4 is 35.5 Å². The average molecular weight is 725 g/mol. The molecule has 0 unspecified atom stereocenters. The Hall–Kier alpha value is -4.05. The van der Waals surface area contributed by atoms with Crippen molar-refractivity contribution < 1.29 is 0 Å². The minimum absolute atomic E-state index is 0.171. The van der Waals surface area contributed by atoms with Gasteiger partial charge in [-0.15, -0.1) is 0 Å². The minimum atomic E-state index is -2.56. The highest BCUT2D eigenvalue weighted by molar-refractivity contribution is 8.26. The van der Waals surface area contributed by atoms with E-state index in [0.29, 0.717) is 0 Å². The summed E-state index contributed by atoms with van der Waals surface area (Å²) in [6, 6.07) is 29.9. The molecule has 0 atom stereocenters. The Kier molecular flexibility index (Phi) is 7.56. The summed E-state index contributed by atoms with van der Waals surface area (Å²) in [5.74, 6) is 0. The van der Waals surface area contributed by atoms with Gasteiger partial charge in [0.15, 0.2) is 0 Å². The second kappa shape index (κ2) is 11.2. The van der Waals surface area contributed by atoms with Crippen molar-refractivity contribution in [3.63, 3.8) is 0 Å². The number of aryl methyl sites for hydroxylation is 4. The Morgan fingerprint density at radius 1 is 0.404 bits per heavy atom. The van der Waals surface area contributed by atoms with Crippen LogP contribution in [0.2, 0.25) is 0 Å². The lowest BCUT2D eigenvalue weighted by molar-refractivity contribution is 0.552. The molecule has 3 aliphatic heterocycles. The third kappa shape index (κ3) is 5.02. The number of hydrogen-bond donors (Lipinski definition) is 0. The molecule has 4 nitrogen and oxygen atoms in total. The van der Waals surface area contributed by atoms with Gasteiger partial charge in [0.2, 0.25) is 0 Å². The van der Waals surface area contributed by atoms with Crippen molar-refractivity contribution in [3.05, 3.63) is 107 Å². The van der Waals surface area contributed by atoms with Crippen LogP contribution in [0.25, 0.3) is 0 Å². The highest BCUT2D eigenvalue weighted by Gasteiger charge is 2.54. The van der Waals surface area contributed by atoms with Crippen LogP contribution in [0.15, 0.2) is 84.9 Å². The molecule has 0 aromatic heterocycles. The maximum Gasteiger partial charge on any atom is 0.0550 e. The highest BCUT2D eigenvalue weighted by atomic mass is 32.4. The third-order valence-electron chi connectivity index (χ3n) is 10.7. The van der Waals surface area contributed by atoms with Crippen molar-refractivity contribution in [3.8, 4) is 0 Å². The van der Waals surface area contributed by atoms with Gasteiger partial charge in [0.1, 0.15) is 0 Å². The van der Waals surface area contributed by atoms with Crippen molar-refractivity contribution in [2.75, 3.05) is 19.6 Å². The van der Waals surface area contributed by atoms with Crippen molar-refractivity contribution in [1.82, 2.24) is 0 Å². The largest absolute Gasteiger partial charge is 0.335 e. The fraction of sp³-hybridized carbons (Fsp3) is 0.348. The molecule has 0 amide bonds. The lowest BCUT2D eigenvalue weighted by atomic mass is 9.95. The fourth-order valence-corrected chi connectivity index (χ4v) is 14.2. The molecule has 8 rings (SSSR count). The quantitative estimate of drug-likeness (QED) is 0.171. The Morgan fingerprint density at radius 3 is 0.942 bits per heavy atom. The van der Waals surface area contributed by atoms with E-state index in [0.717, 1.165) is 17.1 Å². The van der Waals surface area contributed by atoms with Crippen LogP contribution in [0.4, 0.5) is 51.2 Å². The molecule has 3 heterocycles. The molecule has 0 fully saturated rings. The first kappa shape index (κ1) is 35.0. The van der Waals surface area contributed by atoms with Gasteiger partial charge in [0, 0.05) is 43.9 Å². The molecule has 3 aliphatic rings. The van der Waals surface area contributed by atoms with Crippen LogP contribution in [0, 0.1) is 27.7 Å². The van der Waals surface area contributed by atoms with Gasteiger partial charge in [-0.1, -0.05) is 47.2 Å². The summed E-state index contributed by atoms with van der Waals surface area (Å²) >= 11 is 7.44. The predicted molar refractivity (Wildman–Crippen MR) is 232 cm³/mol. The van der Waals surface area contributed by atoms with Gasteiger partial charge in [0.05, 0.1) is 45.8 Å². The normalized spacial score (nSPS) is 15.5. The number of hydrogen-bond acceptors (Lipinski definition) is 5. The molecule has 0 radical (unpaired) electrons. The van der Waals surface area contributed by atoms with Gasteiger partial charge in [-0.25, -0.2) is 0 Å². The molecule has 0 saturated carbocycles. The number of benzene rings is 5. The van der Waals surface area contributed by atoms with Crippen molar-refractivity contribution in [1.29, 1.82) is 0 Å². The van der Waals surface area contributed by atoms with Crippen LogP contribution in [-0.4, -0.2) is 16.6 Å². The molecule has 5 aromatic rings. The second-order valence-electron chi connectivity index (χ2n) is 18.3. The standard InChI is InChI=1S/C46H53N4PS/c1-28-14-18-32(19-15-28)47(33-20-16-29(2)17-21-33)34-26-39-43-40(27-34)50(46(11,12)13)38-25-31(4)23-36-42(38)51(43,52)41-35(48(36)44(5,6)7)22-30(3)24-37(41)49(39)45(8,9)10/h14-27H,1-13H3. The summed E-state index contributed by atoms with van der Waals surface area (Å²) in [4.78, 5) is 10.3. The Balaban J connectivity index is 1.57. The van der Waals surface area contributed by atoms with Gasteiger partial charge < -0.3 is 19.6 Å². The lowest BCUT2D eigenvalue weighted by Gasteiger charge is -2.57. The summed E-state index contributed by atoms with van der Waals surface area (Å²) < 4.78 is 0. The van der Waals surface area contributed by atoms with E-state index in [1.54, 1.807) is 0 Å². The summed E-state index contributed by atoms with van der Waals surface area (Å²) in [5, 5.41) is 4.02. The van der Waals surface area contributed by atoms with Crippen molar-refractivity contribution >= 4 is 84.9 Å². The van der Waals surface area contributed by atoms with Crippen LogP contribution in [-0.2, 0) is 11.8 Å². The van der Waals surface area contributed by atoms with Crippen LogP contribution in [0.5, 0.6) is 0 Å². The molecule has 0 aliphatic carbocycles. The first-order chi connectivity index (χ1) is 24.2. The van der Waals surface area contributed by atoms with Crippen molar-refractivity contribution in [2.24, 2.45) is 0 Å². The monoisotopic (exact) mass is 724 g/mol. The zero-order chi connectivity index (χ0) is 37.4. The van der Waals surface area contributed by atoms with Gasteiger partial charge in [-0.2, -0.15) is 0 Å². The number of anilines is 9. The smallest absolute Gasteiger partial charge is 0.0550 e. The SMILES string of the molecule is Cc1ccc(N(c2ccc(C)cc2)c2cc3c4c(c2)N(C(C)(C)C)c2cc(C)cc5c2P4(=S)c2c(cc(C)cc2N3C(C)(C)C)N5C(C)(C)C)cc1. The van der Waals surface area contributed by atoms with E-state index in [4.69, 9.17) is 11.8 Å². The summed E-state index contributed by atoms with van der Waals surface area (Å²) in [6.45, 7) is 30.0. The molecule has 0 spiro atoms. The summed E-state index contributed by atoms with van der Waals surface area (Å²) in [7, 11) is 0. The molecule has 0 N–H and O–H groups in total. The zero-order valence-electron chi connectivity index (χ0n) is 33.2. The molecule has 6 heteroatoms. The van der Waals surface area contributed by atoms with Gasteiger partial charge in [-0.05, 0) is 162 Å². The Morgan fingerprint density at radius 2 is 0.673 bits per heavy atom. The Bertz CT molecular complexity index is 2190. The van der Waals surface area contributed by atoms with E-state index in [1.165, 1.54) is 72.3 Å². The predicted octanol–water partition coefficient (Wildman–Crippen LogP) is 11.9. The summed E-state index contributed by atoms with van der Waals surface area (Å²) in [5.41, 5.74) is 15.3. The topological polar surface area (TPSA) is 13.0 Å². The van der Waals surface area contributed by atoms with Gasteiger partial charge in [-0.3, -0.25) is 0 Å².